The number of rotatable bonds is 2. The first-order valence-electron chi connectivity index (χ1n) is 4.80. The molecule has 0 radical (unpaired) electrons. The van der Waals surface area contributed by atoms with Crippen molar-refractivity contribution in [2.24, 2.45) is 0 Å². The van der Waals surface area contributed by atoms with Gasteiger partial charge in [-0.1, -0.05) is 24.3 Å². The third kappa shape index (κ3) is 1.36. The summed E-state index contributed by atoms with van der Waals surface area (Å²) in [6, 6.07) is 9.70. The van der Waals surface area contributed by atoms with E-state index in [0.29, 0.717) is 12.1 Å². The molecule has 0 fully saturated rings. The van der Waals surface area contributed by atoms with Crippen LogP contribution in [-0.2, 0) is 0 Å². The number of hydrogen-bond donors (Lipinski definition) is 2. The van der Waals surface area contributed by atoms with Crippen molar-refractivity contribution in [1.82, 2.24) is 10.6 Å². The standard InChI is InChI=1S/C11H16N2/c1-12-10-7-11(13-2)9-6-4-3-5-8(9)10/h3-6,10-13H,7H2,1-2H3. The summed E-state index contributed by atoms with van der Waals surface area (Å²) in [4.78, 5) is 0. The fourth-order valence-electron chi connectivity index (χ4n) is 2.18. The van der Waals surface area contributed by atoms with Gasteiger partial charge in [-0.3, -0.25) is 0 Å². The van der Waals surface area contributed by atoms with E-state index in [1.54, 1.807) is 0 Å². The zero-order valence-corrected chi connectivity index (χ0v) is 8.17. The molecule has 0 aliphatic heterocycles. The maximum Gasteiger partial charge on any atom is 0.0339 e. The molecule has 70 valence electrons. The zero-order valence-electron chi connectivity index (χ0n) is 8.17. The Morgan fingerprint density at radius 1 is 1.00 bits per heavy atom. The molecule has 1 aromatic carbocycles. The van der Waals surface area contributed by atoms with Crippen LogP contribution in [0.5, 0.6) is 0 Å². The van der Waals surface area contributed by atoms with Crippen molar-refractivity contribution >= 4 is 0 Å². The first-order valence-corrected chi connectivity index (χ1v) is 4.80. The summed E-state index contributed by atoms with van der Waals surface area (Å²) in [5.74, 6) is 0. The first-order chi connectivity index (χ1) is 6.36. The van der Waals surface area contributed by atoms with Gasteiger partial charge in [0.2, 0.25) is 0 Å². The van der Waals surface area contributed by atoms with Crippen molar-refractivity contribution in [2.75, 3.05) is 14.1 Å². The average molecular weight is 176 g/mol. The maximum atomic E-state index is 3.34. The number of nitrogens with one attached hydrogen (secondary N) is 2. The minimum atomic E-state index is 0.522. The van der Waals surface area contributed by atoms with Crippen molar-refractivity contribution in [3.8, 4) is 0 Å². The molecule has 1 aliphatic rings. The second-order valence-electron chi connectivity index (χ2n) is 3.55. The molecule has 0 heterocycles. The molecule has 2 heteroatoms. The van der Waals surface area contributed by atoms with Crippen molar-refractivity contribution in [2.45, 2.75) is 18.5 Å². The molecule has 1 aliphatic carbocycles. The summed E-state index contributed by atoms with van der Waals surface area (Å²) in [6.45, 7) is 0. The third-order valence-corrected chi connectivity index (χ3v) is 2.92. The van der Waals surface area contributed by atoms with Crippen LogP contribution in [0.4, 0.5) is 0 Å². The minimum Gasteiger partial charge on any atom is -0.313 e. The van der Waals surface area contributed by atoms with Crippen molar-refractivity contribution in [3.05, 3.63) is 35.4 Å². The lowest BCUT2D eigenvalue weighted by atomic mass is 10.1. The Hall–Kier alpha value is -0.860. The predicted octanol–water partition coefficient (Wildman–Crippen LogP) is 1.61. The Morgan fingerprint density at radius 3 is 1.85 bits per heavy atom. The average Bonchev–Trinajstić information content (AvgIpc) is 2.56. The Labute approximate surface area is 79.4 Å². The Balaban J connectivity index is 2.38. The van der Waals surface area contributed by atoms with Crippen LogP contribution in [0.15, 0.2) is 24.3 Å². The fraction of sp³-hybridized carbons (Fsp3) is 0.455. The van der Waals surface area contributed by atoms with Gasteiger partial charge in [0.05, 0.1) is 0 Å². The lowest BCUT2D eigenvalue weighted by Crippen LogP contribution is -2.16. The Morgan fingerprint density at radius 2 is 1.46 bits per heavy atom. The molecular formula is C11H16N2. The maximum absolute atomic E-state index is 3.34. The van der Waals surface area contributed by atoms with Crippen molar-refractivity contribution in [1.29, 1.82) is 0 Å². The van der Waals surface area contributed by atoms with Crippen LogP contribution in [0.3, 0.4) is 0 Å². The van der Waals surface area contributed by atoms with Crippen LogP contribution in [0, 0.1) is 0 Å². The summed E-state index contributed by atoms with van der Waals surface area (Å²) in [5.41, 5.74) is 2.90. The van der Waals surface area contributed by atoms with Crippen LogP contribution in [0.2, 0.25) is 0 Å². The monoisotopic (exact) mass is 176 g/mol. The van der Waals surface area contributed by atoms with Gasteiger partial charge in [0.1, 0.15) is 0 Å². The highest BCUT2D eigenvalue weighted by molar-refractivity contribution is 5.37. The smallest absolute Gasteiger partial charge is 0.0339 e. The molecule has 13 heavy (non-hydrogen) atoms. The molecular weight excluding hydrogens is 160 g/mol. The highest BCUT2D eigenvalue weighted by Crippen LogP contribution is 2.37. The number of benzene rings is 1. The SMILES string of the molecule is CNC1CC(NC)c2ccccc21. The summed E-state index contributed by atoms with van der Waals surface area (Å²) >= 11 is 0. The van der Waals surface area contributed by atoms with E-state index < -0.39 is 0 Å². The van der Waals surface area contributed by atoms with Crippen molar-refractivity contribution in [3.63, 3.8) is 0 Å². The van der Waals surface area contributed by atoms with Crippen LogP contribution >= 0.6 is 0 Å². The molecule has 0 saturated carbocycles. The Bertz CT molecular complexity index is 267. The molecule has 2 rings (SSSR count). The van der Waals surface area contributed by atoms with E-state index in [-0.39, 0.29) is 0 Å². The molecule has 2 N–H and O–H groups in total. The van der Waals surface area contributed by atoms with E-state index in [1.165, 1.54) is 11.1 Å². The minimum absolute atomic E-state index is 0.522. The van der Waals surface area contributed by atoms with Gasteiger partial charge in [0.25, 0.3) is 0 Å². The highest BCUT2D eigenvalue weighted by Gasteiger charge is 2.27. The zero-order chi connectivity index (χ0) is 9.26. The summed E-state index contributed by atoms with van der Waals surface area (Å²) < 4.78 is 0. The van der Waals surface area contributed by atoms with Crippen LogP contribution in [0.25, 0.3) is 0 Å². The largest absolute Gasteiger partial charge is 0.313 e. The van der Waals surface area contributed by atoms with E-state index in [1.807, 2.05) is 14.1 Å². The second-order valence-corrected chi connectivity index (χ2v) is 3.55. The lowest BCUT2D eigenvalue weighted by Gasteiger charge is -2.09. The van der Waals surface area contributed by atoms with Gasteiger partial charge in [0.15, 0.2) is 0 Å². The van der Waals surface area contributed by atoms with E-state index in [4.69, 9.17) is 0 Å². The number of hydrogen-bond acceptors (Lipinski definition) is 2. The molecule has 1 aromatic rings. The van der Waals surface area contributed by atoms with Gasteiger partial charge < -0.3 is 10.6 Å². The van der Waals surface area contributed by atoms with Crippen LogP contribution in [0.1, 0.15) is 29.6 Å². The molecule has 0 saturated heterocycles. The third-order valence-electron chi connectivity index (χ3n) is 2.92. The van der Waals surface area contributed by atoms with E-state index in [0.717, 1.165) is 6.42 Å². The van der Waals surface area contributed by atoms with E-state index >= 15 is 0 Å². The molecule has 0 spiro atoms. The van der Waals surface area contributed by atoms with Crippen LogP contribution < -0.4 is 10.6 Å². The summed E-state index contributed by atoms with van der Waals surface area (Å²) in [6.07, 6.45) is 1.16. The molecule has 0 bridgehead atoms. The van der Waals surface area contributed by atoms with E-state index in [9.17, 15) is 0 Å². The normalized spacial score (nSPS) is 26.0. The fourth-order valence-corrected chi connectivity index (χ4v) is 2.18. The Kier molecular flexibility index (Phi) is 2.34. The topological polar surface area (TPSA) is 24.1 Å². The van der Waals surface area contributed by atoms with Gasteiger partial charge in [-0.15, -0.1) is 0 Å². The predicted molar refractivity (Wildman–Crippen MR) is 54.7 cm³/mol. The second kappa shape index (κ2) is 3.48. The summed E-state index contributed by atoms with van der Waals surface area (Å²) in [7, 11) is 4.05. The molecule has 2 unspecified atom stereocenters. The number of fused-ring (bicyclic) bond motifs is 1. The van der Waals surface area contributed by atoms with Gasteiger partial charge in [-0.05, 0) is 31.6 Å². The van der Waals surface area contributed by atoms with Gasteiger partial charge in [-0.2, -0.15) is 0 Å². The van der Waals surface area contributed by atoms with Gasteiger partial charge in [0, 0.05) is 12.1 Å². The molecule has 2 nitrogen and oxygen atoms in total. The molecule has 2 atom stereocenters. The molecule has 0 amide bonds. The van der Waals surface area contributed by atoms with Gasteiger partial charge in [-0.25, -0.2) is 0 Å². The first kappa shape index (κ1) is 8.73. The van der Waals surface area contributed by atoms with E-state index in [2.05, 4.69) is 34.9 Å². The summed E-state index contributed by atoms with van der Waals surface area (Å²) in [5, 5.41) is 6.69. The van der Waals surface area contributed by atoms with Gasteiger partial charge >= 0.3 is 0 Å². The molecule has 0 aromatic heterocycles. The highest BCUT2D eigenvalue weighted by atomic mass is 14.9. The van der Waals surface area contributed by atoms with Crippen LogP contribution in [-0.4, -0.2) is 14.1 Å². The lowest BCUT2D eigenvalue weighted by molar-refractivity contribution is 0.497. The quantitative estimate of drug-likeness (QED) is 0.715. The van der Waals surface area contributed by atoms with Crippen molar-refractivity contribution < 1.29 is 0 Å².